The Kier molecular flexibility index (Phi) is 20.0. The minimum Gasteiger partial charge on any atom is -0.361 e. The summed E-state index contributed by atoms with van der Waals surface area (Å²) < 4.78 is 0. The minimum atomic E-state index is -0.305. The fourth-order valence-electron chi connectivity index (χ4n) is 5.16. The number of aromatic amines is 2. The molecule has 0 saturated carbocycles. The zero-order chi connectivity index (χ0) is 37.0. The summed E-state index contributed by atoms with van der Waals surface area (Å²) in [6.07, 6.45) is 14.3. The fourth-order valence-corrected chi connectivity index (χ4v) is 5.75. The Bertz CT molecular complexity index is 2080. The van der Waals surface area contributed by atoms with Crippen molar-refractivity contribution in [3.63, 3.8) is 0 Å². The van der Waals surface area contributed by atoms with E-state index in [0.717, 1.165) is 53.2 Å². The van der Waals surface area contributed by atoms with Crippen LogP contribution in [0.4, 0.5) is 5.69 Å². The van der Waals surface area contributed by atoms with Gasteiger partial charge < -0.3 is 9.97 Å². The van der Waals surface area contributed by atoms with Crippen molar-refractivity contribution in [1.82, 2.24) is 9.97 Å². The number of nitrogens with one attached hydrogen (secondary N) is 2. The third kappa shape index (κ3) is 13.5. The number of nitrogens with zero attached hydrogens (tertiary/aromatic N) is 3. The summed E-state index contributed by atoms with van der Waals surface area (Å²) in [4.78, 5) is 31.4. The Morgan fingerprint density at radius 1 is 0.788 bits per heavy atom. The molecule has 0 unspecified atom stereocenters. The van der Waals surface area contributed by atoms with Crippen LogP contribution in [-0.2, 0) is 17.6 Å². The zero-order valence-electron chi connectivity index (χ0n) is 28.0. The number of benzene rings is 3. The molecule has 0 amide bonds. The van der Waals surface area contributed by atoms with Crippen molar-refractivity contribution < 1.29 is 9.59 Å². The standard InChI is InChI=1S/C13H11ClN2O.C13H13ClN2.C10H7N.C4H6Cl2O.CH4/c14-5-1-2-13(17)11-8-16-12-4-3-9(7-15)6-10(11)12;14-6-2-1-3-11-9-16-13-5-4-10(8-15)7-12(11)13;1-11-10-6-5-8-3-2-4-9(8)7-10;5-3-1-2-4(6)7;/h3-4,6,8,16H,1-2,5H2;4-5,7,9,16H,1-3,6H2;2,4-7H,3H2;1-3H2;1H4. The molecule has 0 atom stereocenters. The summed E-state index contributed by atoms with van der Waals surface area (Å²) in [6, 6.07) is 21.1. The number of rotatable bonds is 11. The smallest absolute Gasteiger partial charge is 0.221 e. The number of carbonyl (C=O) groups is 2. The van der Waals surface area contributed by atoms with E-state index >= 15 is 0 Å². The second-order valence-corrected chi connectivity index (χ2v) is 12.9. The molecule has 52 heavy (non-hydrogen) atoms. The van der Waals surface area contributed by atoms with Gasteiger partial charge in [0.1, 0.15) is 0 Å². The number of carbonyl (C=O) groups excluding carboxylic acids is 2. The average Bonchev–Trinajstić information content (AvgIpc) is 3.91. The summed E-state index contributed by atoms with van der Waals surface area (Å²) in [5, 5.41) is 19.4. The Labute approximate surface area is 326 Å². The Hall–Kier alpha value is -4.55. The van der Waals surface area contributed by atoms with E-state index in [1.54, 1.807) is 18.3 Å². The Morgan fingerprint density at radius 3 is 2.00 bits per heavy atom. The molecule has 2 N–H and O–H groups in total. The van der Waals surface area contributed by atoms with Gasteiger partial charge in [-0.1, -0.05) is 31.7 Å². The van der Waals surface area contributed by atoms with Gasteiger partial charge in [0.15, 0.2) is 11.5 Å². The number of unbranched alkanes of at least 4 members (excludes halogenated alkanes) is 1. The van der Waals surface area contributed by atoms with Crippen LogP contribution in [0.15, 0.2) is 73.1 Å². The molecule has 11 heteroatoms. The van der Waals surface area contributed by atoms with Crippen LogP contribution in [0, 0.1) is 29.2 Å². The number of hydrogen-bond acceptors (Lipinski definition) is 4. The number of Topliss-reactive ketones (excluding diaryl/α,β-unsaturated/α-hetero) is 1. The van der Waals surface area contributed by atoms with Crippen molar-refractivity contribution >= 4 is 91.0 Å². The second-order valence-electron chi connectivity index (χ2n) is 11.4. The number of hydrogen-bond donors (Lipinski definition) is 2. The maximum Gasteiger partial charge on any atom is 0.221 e. The van der Waals surface area contributed by atoms with Crippen LogP contribution in [0.2, 0.25) is 0 Å². The Balaban J connectivity index is 0.000000250. The largest absolute Gasteiger partial charge is 0.361 e. The SMILES string of the molecule is C.N#Cc1ccc2[nH]cc(C(=O)CCCCl)c2c1.N#Cc1ccc2[nH]cc(CCCCCl)c2c1.O=C(Cl)CCCCl.[C-]#[N+]c1ccc2c(c1)C=CC2. The molecule has 2 aromatic heterocycles. The molecule has 1 aliphatic carbocycles. The van der Waals surface area contributed by atoms with Crippen LogP contribution < -0.4 is 0 Å². The lowest BCUT2D eigenvalue weighted by Gasteiger charge is -1.98. The van der Waals surface area contributed by atoms with Gasteiger partial charge in [-0.3, -0.25) is 9.59 Å². The van der Waals surface area contributed by atoms with Gasteiger partial charge in [0.25, 0.3) is 0 Å². The molecule has 7 nitrogen and oxygen atoms in total. The molecule has 5 aromatic rings. The number of halogens is 4. The number of ketones is 1. The molecule has 0 radical (unpaired) electrons. The number of aryl methyl sites for hydroxylation is 1. The first-order valence-electron chi connectivity index (χ1n) is 16.4. The Morgan fingerprint density at radius 2 is 1.40 bits per heavy atom. The predicted octanol–water partition coefficient (Wildman–Crippen LogP) is 12.1. The molecule has 1 aliphatic rings. The first kappa shape index (κ1) is 43.6. The molecule has 0 fully saturated rings. The topological polar surface area (TPSA) is 118 Å². The van der Waals surface area contributed by atoms with Gasteiger partial charge in [0.05, 0.1) is 29.8 Å². The average molecular weight is 778 g/mol. The van der Waals surface area contributed by atoms with E-state index in [1.807, 2.05) is 48.7 Å². The maximum absolute atomic E-state index is 11.9. The van der Waals surface area contributed by atoms with Crippen molar-refractivity contribution in [3.8, 4) is 12.1 Å². The minimum absolute atomic E-state index is 0. The molecular formula is C41H41Cl4N5O2. The van der Waals surface area contributed by atoms with Gasteiger partial charge in [-0.25, -0.2) is 4.85 Å². The number of H-pyrrole nitrogens is 2. The van der Waals surface area contributed by atoms with Crippen LogP contribution in [0.1, 0.15) is 84.1 Å². The van der Waals surface area contributed by atoms with Crippen molar-refractivity contribution in [2.75, 3.05) is 17.6 Å². The number of allylic oxidation sites excluding steroid dienone is 1. The number of aromatic nitrogens is 2. The first-order valence-corrected chi connectivity index (χ1v) is 18.3. The predicted molar refractivity (Wildman–Crippen MR) is 217 cm³/mol. The summed E-state index contributed by atoms with van der Waals surface area (Å²) in [5.74, 6) is 1.77. The monoisotopic (exact) mass is 775 g/mol. The van der Waals surface area contributed by atoms with Crippen LogP contribution in [-0.4, -0.2) is 38.6 Å². The quantitative estimate of drug-likeness (QED) is 0.0456. The van der Waals surface area contributed by atoms with Gasteiger partial charge in [-0.15, -0.1) is 34.8 Å². The van der Waals surface area contributed by atoms with Crippen molar-refractivity contribution in [2.24, 2.45) is 0 Å². The van der Waals surface area contributed by atoms with Gasteiger partial charge in [0, 0.05) is 70.2 Å². The van der Waals surface area contributed by atoms with E-state index in [2.05, 4.69) is 39.1 Å². The molecule has 2 heterocycles. The fraction of sp³-hybridized carbons (Fsp3) is 0.293. The number of alkyl halides is 3. The molecule has 6 rings (SSSR count). The molecule has 3 aromatic carbocycles. The van der Waals surface area contributed by atoms with E-state index in [0.29, 0.717) is 60.0 Å². The van der Waals surface area contributed by atoms with Crippen molar-refractivity contribution in [2.45, 2.75) is 58.8 Å². The van der Waals surface area contributed by atoms with Gasteiger partial charge in [0.2, 0.25) is 5.24 Å². The van der Waals surface area contributed by atoms with E-state index in [9.17, 15) is 9.59 Å². The molecule has 270 valence electrons. The lowest BCUT2D eigenvalue weighted by molar-refractivity contribution is -0.111. The highest BCUT2D eigenvalue weighted by Crippen LogP contribution is 2.25. The lowest BCUT2D eigenvalue weighted by atomic mass is 10.0. The van der Waals surface area contributed by atoms with Crippen LogP contribution >= 0.6 is 46.4 Å². The van der Waals surface area contributed by atoms with Crippen LogP contribution in [0.3, 0.4) is 0 Å². The zero-order valence-corrected chi connectivity index (χ0v) is 31.0. The highest BCUT2D eigenvalue weighted by molar-refractivity contribution is 6.63. The normalized spacial score (nSPS) is 10.5. The third-order valence-corrected chi connectivity index (χ3v) is 8.77. The molecular weight excluding hydrogens is 736 g/mol. The maximum atomic E-state index is 11.9. The van der Waals surface area contributed by atoms with Crippen LogP contribution in [0.25, 0.3) is 32.7 Å². The van der Waals surface area contributed by atoms with Gasteiger partial charge >= 0.3 is 0 Å². The molecule has 0 saturated heterocycles. The van der Waals surface area contributed by atoms with E-state index in [-0.39, 0.29) is 18.5 Å². The van der Waals surface area contributed by atoms with E-state index < -0.39 is 0 Å². The summed E-state index contributed by atoms with van der Waals surface area (Å²) >= 11 is 21.4. The number of nitriles is 2. The number of fused-ring (bicyclic) bond motifs is 3. The molecule has 0 spiro atoms. The third-order valence-electron chi connectivity index (χ3n) is 7.78. The van der Waals surface area contributed by atoms with Crippen molar-refractivity contribution in [1.29, 1.82) is 10.5 Å². The van der Waals surface area contributed by atoms with E-state index in [1.165, 1.54) is 16.7 Å². The van der Waals surface area contributed by atoms with E-state index in [4.69, 9.17) is 63.5 Å². The summed E-state index contributed by atoms with van der Waals surface area (Å²) in [5.41, 5.74) is 8.43. The second kappa shape index (κ2) is 23.8. The highest BCUT2D eigenvalue weighted by atomic mass is 35.5. The highest BCUT2D eigenvalue weighted by Gasteiger charge is 2.12. The van der Waals surface area contributed by atoms with Crippen LogP contribution in [0.5, 0.6) is 0 Å². The summed E-state index contributed by atoms with van der Waals surface area (Å²) in [7, 11) is 0. The van der Waals surface area contributed by atoms with Gasteiger partial charge in [-0.2, -0.15) is 10.5 Å². The summed E-state index contributed by atoms with van der Waals surface area (Å²) in [6.45, 7) is 6.81. The first-order chi connectivity index (χ1) is 24.8. The lowest BCUT2D eigenvalue weighted by Crippen LogP contribution is -1.98. The van der Waals surface area contributed by atoms with Gasteiger partial charge in [-0.05, 0) is 109 Å². The van der Waals surface area contributed by atoms with Crippen molar-refractivity contribution in [3.05, 3.63) is 118 Å². The molecule has 0 bridgehead atoms. The molecule has 0 aliphatic heterocycles.